The van der Waals surface area contributed by atoms with E-state index < -0.39 is 4.92 Å². The van der Waals surface area contributed by atoms with E-state index in [0.29, 0.717) is 29.7 Å². The SMILES string of the molecule is Cc1cc(C(=O)Nc2ccc(C3=NNC(=O)CC3)cc2)ccc1[N+](=O)[O-]. The van der Waals surface area contributed by atoms with E-state index in [9.17, 15) is 19.7 Å². The first-order valence-electron chi connectivity index (χ1n) is 7.96. The summed E-state index contributed by atoms with van der Waals surface area (Å²) in [7, 11) is 0. The van der Waals surface area contributed by atoms with Gasteiger partial charge < -0.3 is 5.32 Å². The Hall–Kier alpha value is -3.55. The van der Waals surface area contributed by atoms with E-state index in [2.05, 4.69) is 15.8 Å². The van der Waals surface area contributed by atoms with Gasteiger partial charge in [0.2, 0.25) is 5.91 Å². The molecule has 2 N–H and O–H groups in total. The van der Waals surface area contributed by atoms with Gasteiger partial charge >= 0.3 is 0 Å². The van der Waals surface area contributed by atoms with Gasteiger partial charge in [0.15, 0.2) is 0 Å². The highest BCUT2D eigenvalue weighted by Crippen LogP contribution is 2.20. The minimum Gasteiger partial charge on any atom is -0.322 e. The Morgan fingerprint density at radius 3 is 2.50 bits per heavy atom. The van der Waals surface area contributed by atoms with E-state index in [1.165, 1.54) is 18.2 Å². The lowest BCUT2D eigenvalue weighted by Crippen LogP contribution is -2.25. The predicted octanol–water partition coefficient (Wildman–Crippen LogP) is 2.77. The molecule has 0 aromatic heterocycles. The van der Waals surface area contributed by atoms with Crippen LogP contribution in [-0.4, -0.2) is 22.4 Å². The monoisotopic (exact) mass is 352 g/mol. The van der Waals surface area contributed by atoms with Gasteiger partial charge in [-0.2, -0.15) is 5.10 Å². The van der Waals surface area contributed by atoms with E-state index in [1.807, 2.05) is 12.1 Å². The van der Waals surface area contributed by atoms with Crippen LogP contribution in [0.1, 0.15) is 34.3 Å². The number of carbonyl (C=O) groups excluding carboxylic acids is 2. The maximum Gasteiger partial charge on any atom is 0.272 e. The molecule has 1 aliphatic heterocycles. The first-order chi connectivity index (χ1) is 12.4. The number of carbonyl (C=O) groups is 2. The Labute approximate surface area is 149 Å². The molecule has 2 aromatic rings. The molecule has 0 unspecified atom stereocenters. The maximum absolute atomic E-state index is 12.3. The van der Waals surface area contributed by atoms with Gasteiger partial charge in [-0.25, -0.2) is 5.43 Å². The molecular formula is C18H16N4O4. The largest absolute Gasteiger partial charge is 0.322 e. The third-order valence-corrected chi connectivity index (χ3v) is 4.04. The second kappa shape index (κ2) is 7.14. The first kappa shape index (κ1) is 17.3. The van der Waals surface area contributed by atoms with Gasteiger partial charge in [0, 0.05) is 35.7 Å². The second-order valence-corrected chi connectivity index (χ2v) is 5.88. The summed E-state index contributed by atoms with van der Waals surface area (Å²) in [6.45, 7) is 1.59. The topological polar surface area (TPSA) is 114 Å². The number of amides is 2. The number of rotatable bonds is 4. The lowest BCUT2D eigenvalue weighted by molar-refractivity contribution is -0.385. The van der Waals surface area contributed by atoms with Crippen LogP contribution in [0.2, 0.25) is 0 Å². The standard InChI is InChI=1S/C18H16N4O4/c1-11-10-13(4-8-16(11)22(25)26)18(24)19-14-5-2-12(3-6-14)15-7-9-17(23)21-20-15/h2-6,8,10H,7,9H2,1H3,(H,19,24)(H,21,23). The van der Waals surface area contributed by atoms with E-state index in [0.717, 1.165) is 11.3 Å². The van der Waals surface area contributed by atoms with Gasteiger partial charge in [0.25, 0.3) is 11.6 Å². The number of nitro benzene ring substituents is 1. The quantitative estimate of drug-likeness (QED) is 0.650. The molecular weight excluding hydrogens is 336 g/mol. The van der Waals surface area contributed by atoms with Crippen molar-refractivity contribution in [1.82, 2.24) is 5.43 Å². The fourth-order valence-electron chi connectivity index (χ4n) is 2.63. The smallest absolute Gasteiger partial charge is 0.272 e. The zero-order chi connectivity index (χ0) is 18.7. The summed E-state index contributed by atoms with van der Waals surface area (Å²) in [6.07, 6.45) is 0.969. The number of nitrogens with one attached hydrogen (secondary N) is 2. The second-order valence-electron chi connectivity index (χ2n) is 5.88. The zero-order valence-electron chi connectivity index (χ0n) is 14.0. The highest BCUT2D eigenvalue weighted by Gasteiger charge is 2.15. The summed E-state index contributed by atoms with van der Waals surface area (Å²) in [5.41, 5.74) is 5.44. The molecule has 8 heteroatoms. The van der Waals surface area contributed by atoms with E-state index >= 15 is 0 Å². The predicted molar refractivity (Wildman–Crippen MR) is 96.1 cm³/mol. The van der Waals surface area contributed by atoms with Crippen LogP contribution < -0.4 is 10.7 Å². The Bertz CT molecular complexity index is 919. The van der Waals surface area contributed by atoms with E-state index in [1.54, 1.807) is 19.1 Å². The van der Waals surface area contributed by atoms with E-state index in [-0.39, 0.29) is 17.5 Å². The highest BCUT2D eigenvalue weighted by atomic mass is 16.6. The van der Waals surface area contributed by atoms with Crippen molar-refractivity contribution in [2.24, 2.45) is 5.10 Å². The van der Waals surface area contributed by atoms with Gasteiger partial charge in [-0.05, 0) is 36.8 Å². The van der Waals surface area contributed by atoms with Crippen molar-refractivity contribution in [3.63, 3.8) is 0 Å². The molecule has 0 saturated carbocycles. The lowest BCUT2D eigenvalue weighted by Gasteiger charge is -2.12. The molecule has 1 heterocycles. The van der Waals surface area contributed by atoms with Crippen LogP contribution in [-0.2, 0) is 4.79 Å². The summed E-state index contributed by atoms with van der Waals surface area (Å²) in [6, 6.07) is 11.3. The van der Waals surface area contributed by atoms with Crippen LogP contribution >= 0.6 is 0 Å². The summed E-state index contributed by atoms with van der Waals surface area (Å²) in [5, 5.41) is 17.6. The number of hydrazone groups is 1. The number of nitro groups is 1. The molecule has 0 fully saturated rings. The van der Waals surface area contributed by atoms with Crippen molar-refractivity contribution in [1.29, 1.82) is 0 Å². The fourth-order valence-corrected chi connectivity index (χ4v) is 2.63. The number of anilines is 1. The summed E-state index contributed by atoms with van der Waals surface area (Å²) < 4.78 is 0. The molecule has 0 aliphatic carbocycles. The van der Waals surface area contributed by atoms with Gasteiger partial charge in [0.1, 0.15) is 0 Å². The summed E-state index contributed by atoms with van der Waals surface area (Å²) >= 11 is 0. The molecule has 2 aromatic carbocycles. The first-order valence-corrected chi connectivity index (χ1v) is 7.96. The van der Waals surface area contributed by atoms with Gasteiger partial charge in [-0.15, -0.1) is 0 Å². The Morgan fingerprint density at radius 2 is 1.92 bits per heavy atom. The zero-order valence-corrected chi connectivity index (χ0v) is 14.0. The Kier molecular flexibility index (Phi) is 4.74. The molecule has 3 rings (SSSR count). The van der Waals surface area contributed by atoms with Crippen molar-refractivity contribution in [3.05, 3.63) is 69.3 Å². The minimum absolute atomic E-state index is 0.0220. The number of nitrogens with zero attached hydrogens (tertiary/aromatic N) is 2. The number of hydrogen-bond acceptors (Lipinski definition) is 5. The van der Waals surface area contributed by atoms with Crippen LogP contribution in [0.3, 0.4) is 0 Å². The molecule has 0 saturated heterocycles. The molecule has 132 valence electrons. The van der Waals surface area contributed by atoms with Gasteiger partial charge in [0.05, 0.1) is 10.6 Å². The van der Waals surface area contributed by atoms with Crippen LogP contribution in [0.5, 0.6) is 0 Å². The summed E-state index contributed by atoms with van der Waals surface area (Å²) in [5.74, 6) is -0.450. The molecule has 8 nitrogen and oxygen atoms in total. The maximum atomic E-state index is 12.3. The highest BCUT2D eigenvalue weighted by molar-refractivity contribution is 6.06. The molecule has 0 bridgehead atoms. The Balaban J connectivity index is 1.71. The van der Waals surface area contributed by atoms with Crippen molar-refractivity contribution in [3.8, 4) is 0 Å². The van der Waals surface area contributed by atoms with Crippen LogP contribution in [0.4, 0.5) is 11.4 Å². The summed E-state index contributed by atoms with van der Waals surface area (Å²) in [4.78, 5) is 33.8. The normalized spacial score (nSPS) is 13.6. The number of aryl methyl sites for hydroxylation is 1. The average Bonchev–Trinajstić information content (AvgIpc) is 2.62. The molecule has 1 aliphatic rings. The van der Waals surface area contributed by atoms with Crippen LogP contribution in [0.25, 0.3) is 0 Å². The van der Waals surface area contributed by atoms with Crippen LogP contribution in [0.15, 0.2) is 47.6 Å². The third-order valence-electron chi connectivity index (χ3n) is 4.04. The molecule has 0 radical (unpaired) electrons. The average molecular weight is 352 g/mol. The Morgan fingerprint density at radius 1 is 1.19 bits per heavy atom. The van der Waals surface area contributed by atoms with Crippen molar-refractivity contribution in [2.75, 3.05) is 5.32 Å². The van der Waals surface area contributed by atoms with Gasteiger partial charge in [-0.1, -0.05) is 12.1 Å². The van der Waals surface area contributed by atoms with Crippen LogP contribution in [0, 0.1) is 17.0 Å². The molecule has 2 amide bonds. The van der Waals surface area contributed by atoms with Crippen molar-refractivity contribution < 1.29 is 14.5 Å². The van der Waals surface area contributed by atoms with Crippen molar-refractivity contribution >= 4 is 28.9 Å². The number of hydrogen-bond donors (Lipinski definition) is 2. The third kappa shape index (κ3) is 3.75. The van der Waals surface area contributed by atoms with Crippen molar-refractivity contribution in [2.45, 2.75) is 19.8 Å². The van der Waals surface area contributed by atoms with E-state index in [4.69, 9.17) is 0 Å². The molecule has 0 spiro atoms. The fraction of sp³-hybridized carbons (Fsp3) is 0.167. The molecule has 0 atom stereocenters. The van der Waals surface area contributed by atoms with Gasteiger partial charge in [-0.3, -0.25) is 19.7 Å². The molecule has 26 heavy (non-hydrogen) atoms. The number of benzene rings is 2. The lowest BCUT2D eigenvalue weighted by atomic mass is 10.0. The minimum atomic E-state index is -0.480.